The first-order valence-corrected chi connectivity index (χ1v) is 10.4. The van der Waals surface area contributed by atoms with Gasteiger partial charge in [-0.1, -0.05) is 48.0 Å². The molecular formula is C21H18ClNO3S. The van der Waals surface area contributed by atoms with Gasteiger partial charge in [0.1, 0.15) is 5.76 Å². The third kappa shape index (κ3) is 3.86. The van der Waals surface area contributed by atoms with Gasteiger partial charge in [0.15, 0.2) is 0 Å². The zero-order valence-electron chi connectivity index (χ0n) is 14.5. The van der Waals surface area contributed by atoms with Crippen molar-refractivity contribution in [1.29, 1.82) is 0 Å². The first-order valence-electron chi connectivity index (χ1n) is 8.61. The average molecular weight is 400 g/mol. The van der Waals surface area contributed by atoms with E-state index < -0.39 is 10.0 Å². The van der Waals surface area contributed by atoms with Crippen LogP contribution in [-0.4, -0.2) is 19.3 Å². The summed E-state index contributed by atoms with van der Waals surface area (Å²) < 4.78 is 32.7. The van der Waals surface area contributed by atoms with Crippen LogP contribution < -0.4 is 0 Å². The van der Waals surface area contributed by atoms with E-state index in [0.29, 0.717) is 29.4 Å². The molecule has 0 unspecified atom stereocenters. The highest BCUT2D eigenvalue weighted by Crippen LogP contribution is 2.26. The smallest absolute Gasteiger partial charge is 0.243 e. The summed E-state index contributed by atoms with van der Waals surface area (Å²) in [6.45, 7) is 0.785. The zero-order chi connectivity index (χ0) is 18.9. The number of nitrogens with zero attached hydrogens (tertiary/aromatic N) is 1. The summed E-state index contributed by atoms with van der Waals surface area (Å²) in [5.74, 6) is 0.879. The summed E-state index contributed by atoms with van der Waals surface area (Å²) in [6, 6.07) is 16.3. The van der Waals surface area contributed by atoms with E-state index in [4.69, 9.17) is 16.0 Å². The van der Waals surface area contributed by atoms with Gasteiger partial charge in [-0.25, -0.2) is 8.42 Å². The molecule has 2 aromatic carbocycles. The number of halogens is 1. The molecule has 4 nitrogen and oxygen atoms in total. The van der Waals surface area contributed by atoms with E-state index in [9.17, 15) is 8.42 Å². The van der Waals surface area contributed by atoms with Gasteiger partial charge >= 0.3 is 0 Å². The second-order valence-electron chi connectivity index (χ2n) is 6.41. The molecule has 0 N–H and O–H groups in total. The lowest BCUT2D eigenvalue weighted by Gasteiger charge is -2.25. The summed E-state index contributed by atoms with van der Waals surface area (Å²) in [5, 5.41) is 0.696. The Hall–Kier alpha value is -2.34. The Balaban J connectivity index is 1.50. The highest BCUT2D eigenvalue weighted by molar-refractivity contribution is 7.89. The summed E-state index contributed by atoms with van der Waals surface area (Å²) >= 11 is 5.88. The molecule has 1 aromatic heterocycles. The lowest BCUT2D eigenvalue weighted by Crippen LogP contribution is -2.35. The van der Waals surface area contributed by atoms with Crippen LogP contribution in [0.5, 0.6) is 0 Å². The van der Waals surface area contributed by atoms with Gasteiger partial charge in [-0.3, -0.25) is 0 Å². The standard InChI is InChI=1S/C21H18ClNO3S/c22-19-7-3-16(4-8-19)1-2-17-5-9-20(10-6-17)27(24,25)23-13-11-21-18(15-23)12-14-26-21/h1-10,12,14H,11,13,15H2. The molecule has 0 saturated heterocycles. The number of sulfonamides is 1. The van der Waals surface area contributed by atoms with Gasteiger partial charge in [-0.2, -0.15) is 4.31 Å². The maximum Gasteiger partial charge on any atom is 0.243 e. The number of rotatable bonds is 4. The molecule has 138 valence electrons. The number of fused-ring (bicyclic) bond motifs is 1. The van der Waals surface area contributed by atoms with Crippen LogP contribution in [0.3, 0.4) is 0 Å². The predicted molar refractivity (Wildman–Crippen MR) is 107 cm³/mol. The third-order valence-electron chi connectivity index (χ3n) is 4.63. The molecular weight excluding hydrogens is 382 g/mol. The average Bonchev–Trinajstić information content (AvgIpc) is 3.16. The van der Waals surface area contributed by atoms with E-state index in [1.54, 1.807) is 18.4 Å². The van der Waals surface area contributed by atoms with Crippen molar-refractivity contribution >= 4 is 33.8 Å². The molecule has 0 spiro atoms. The van der Waals surface area contributed by atoms with Crippen molar-refractivity contribution < 1.29 is 12.8 Å². The van der Waals surface area contributed by atoms with E-state index in [0.717, 1.165) is 22.5 Å². The van der Waals surface area contributed by atoms with Crippen molar-refractivity contribution in [3.05, 3.63) is 88.3 Å². The van der Waals surface area contributed by atoms with Crippen LogP contribution in [0.4, 0.5) is 0 Å². The van der Waals surface area contributed by atoms with Crippen LogP contribution in [0, 0.1) is 0 Å². The second kappa shape index (κ2) is 7.35. The quantitative estimate of drug-likeness (QED) is 0.589. The van der Waals surface area contributed by atoms with E-state index in [-0.39, 0.29) is 0 Å². The van der Waals surface area contributed by atoms with Crippen molar-refractivity contribution in [3.63, 3.8) is 0 Å². The van der Waals surface area contributed by atoms with E-state index in [1.165, 1.54) is 4.31 Å². The molecule has 4 rings (SSSR count). The molecule has 0 amide bonds. The molecule has 0 aliphatic carbocycles. The minimum absolute atomic E-state index is 0.304. The minimum Gasteiger partial charge on any atom is -0.469 e. The molecule has 1 aliphatic rings. The Bertz CT molecular complexity index is 1070. The number of hydrogen-bond donors (Lipinski definition) is 0. The lowest BCUT2D eigenvalue weighted by molar-refractivity contribution is 0.362. The first kappa shape index (κ1) is 18.0. The Kier molecular flexibility index (Phi) is 4.91. The van der Waals surface area contributed by atoms with Gasteiger partial charge in [0.05, 0.1) is 11.2 Å². The topological polar surface area (TPSA) is 50.5 Å². The molecule has 0 bridgehead atoms. The van der Waals surface area contributed by atoms with Crippen LogP contribution in [-0.2, 0) is 23.0 Å². The van der Waals surface area contributed by atoms with Crippen molar-refractivity contribution in [2.75, 3.05) is 6.54 Å². The van der Waals surface area contributed by atoms with Crippen LogP contribution >= 0.6 is 11.6 Å². The Morgan fingerprint density at radius 2 is 1.56 bits per heavy atom. The van der Waals surface area contributed by atoms with Crippen LogP contribution in [0.1, 0.15) is 22.5 Å². The van der Waals surface area contributed by atoms with Crippen LogP contribution in [0.25, 0.3) is 12.2 Å². The van der Waals surface area contributed by atoms with Crippen LogP contribution in [0.15, 0.2) is 70.2 Å². The molecule has 0 radical (unpaired) electrons. The lowest BCUT2D eigenvalue weighted by atomic mass is 10.1. The molecule has 0 fully saturated rings. The second-order valence-corrected chi connectivity index (χ2v) is 8.79. The fourth-order valence-corrected chi connectivity index (χ4v) is 4.64. The fraction of sp³-hybridized carbons (Fsp3) is 0.143. The SMILES string of the molecule is O=S(=O)(c1ccc(C=Cc2ccc(Cl)cc2)cc1)N1CCc2occc2C1. The van der Waals surface area contributed by atoms with Gasteiger partial charge in [0.25, 0.3) is 0 Å². The molecule has 1 aliphatic heterocycles. The molecule has 27 heavy (non-hydrogen) atoms. The van der Waals surface area contributed by atoms with Crippen LogP contribution in [0.2, 0.25) is 5.02 Å². The van der Waals surface area contributed by atoms with E-state index in [2.05, 4.69) is 0 Å². The normalized spacial score (nSPS) is 15.1. The Labute approximate surface area is 163 Å². The molecule has 0 saturated carbocycles. The van der Waals surface area contributed by atoms with E-state index in [1.807, 2.05) is 54.6 Å². The highest BCUT2D eigenvalue weighted by Gasteiger charge is 2.29. The number of benzene rings is 2. The Morgan fingerprint density at radius 1 is 0.926 bits per heavy atom. The Morgan fingerprint density at radius 3 is 2.22 bits per heavy atom. The van der Waals surface area contributed by atoms with E-state index >= 15 is 0 Å². The molecule has 6 heteroatoms. The molecule has 0 atom stereocenters. The maximum atomic E-state index is 12.9. The zero-order valence-corrected chi connectivity index (χ0v) is 16.1. The van der Waals surface area contributed by atoms with Crippen molar-refractivity contribution in [1.82, 2.24) is 4.31 Å². The number of hydrogen-bond acceptors (Lipinski definition) is 3. The summed E-state index contributed by atoms with van der Waals surface area (Å²) in [5.41, 5.74) is 2.90. The van der Waals surface area contributed by atoms with Gasteiger partial charge in [-0.15, -0.1) is 0 Å². The van der Waals surface area contributed by atoms with Crippen molar-refractivity contribution in [2.24, 2.45) is 0 Å². The summed E-state index contributed by atoms with van der Waals surface area (Å²) in [7, 11) is -3.52. The summed E-state index contributed by atoms with van der Waals surface area (Å²) in [4.78, 5) is 0.304. The molecule has 3 aromatic rings. The van der Waals surface area contributed by atoms with Gasteiger partial charge < -0.3 is 4.42 Å². The van der Waals surface area contributed by atoms with Gasteiger partial charge in [-0.05, 0) is 41.5 Å². The monoisotopic (exact) mass is 399 g/mol. The molecule has 2 heterocycles. The highest BCUT2D eigenvalue weighted by atomic mass is 35.5. The van der Waals surface area contributed by atoms with Crippen molar-refractivity contribution in [2.45, 2.75) is 17.9 Å². The van der Waals surface area contributed by atoms with Crippen molar-refractivity contribution in [3.8, 4) is 0 Å². The largest absolute Gasteiger partial charge is 0.469 e. The van der Waals surface area contributed by atoms with Gasteiger partial charge in [0.2, 0.25) is 10.0 Å². The predicted octanol–water partition coefficient (Wildman–Crippen LogP) is 4.85. The number of furan rings is 1. The van der Waals surface area contributed by atoms with Gasteiger partial charge in [0, 0.05) is 30.1 Å². The summed E-state index contributed by atoms with van der Waals surface area (Å²) in [6.07, 6.45) is 6.12. The maximum absolute atomic E-state index is 12.9. The first-order chi connectivity index (χ1) is 13.0. The minimum atomic E-state index is -3.52. The third-order valence-corrected chi connectivity index (χ3v) is 6.74. The fourth-order valence-electron chi connectivity index (χ4n) is 3.09.